The van der Waals surface area contributed by atoms with Crippen molar-refractivity contribution in [3.8, 4) is 5.75 Å². The van der Waals surface area contributed by atoms with E-state index in [1.54, 1.807) is 11.8 Å². The Kier molecular flexibility index (Phi) is 4.04. The summed E-state index contributed by atoms with van der Waals surface area (Å²) in [4.78, 5) is 11.8. The number of phenols is 1. The van der Waals surface area contributed by atoms with Gasteiger partial charge in [-0.05, 0) is 12.1 Å². The molecule has 1 aliphatic rings. The Bertz CT molecular complexity index is 427. The van der Waals surface area contributed by atoms with E-state index in [0.29, 0.717) is 5.69 Å². The fourth-order valence-corrected chi connectivity index (χ4v) is 2.86. The molecule has 1 unspecified atom stereocenters. The molecule has 1 atom stereocenters. The number of hydrogen-bond donors (Lipinski definition) is 3. The summed E-state index contributed by atoms with van der Waals surface area (Å²) in [6, 6.07) is 2.72. The van der Waals surface area contributed by atoms with Crippen molar-refractivity contribution in [3.63, 3.8) is 0 Å². The van der Waals surface area contributed by atoms with Crippen LogP contribution in [0.4, 0.5) is 5.69 Å². The first-order valence-corrected chi connectivity index (χ1v) is 6.79. The van der Waals surface area contributed by atoms with Crippen molar-refractivity contribution in [2.75, 3.05) is 16.9 Å². The van der Waals surface area contributed by atoms with Gasteiger partial charge in [-0.3, -0.25) is 10.1 Å². The molecule has 7 heteroatoms. The molecule has 4 nitrogen and oxygen atoms in total. The molecule has 1 amide bonds. The maximum absolute atomic E-state index is 11.8. The number of carbonyl (C=O) groups is 1. The summed E-state index contributed by atoms with van der Waals surface area (Å²) < 4.78 is 0. The minimum absolute atomic E-state index is 0.113. The first-order valence-electron chi connectivity index (χ1n) is 4.88. The fraction of sp³-hybridized carbons (Fsp3) is 0.300. The first-order chi connectivity index (χ1) is 8.08. The highest BCUT2D eigenvalue weighted by Gasteiger charge is 2.22. The van der Waals surface area contributed by atoms with Gasteiger partial charge in [0.1, 0.15) is 0 Å². The van der Waals surface area contributed by atoms with Crippen molar-refractivity contribution >= 4 is 46.6 Å². The van der Waals surface area contributed by atoms with Crippen molar-refractivity contribution in [2.45, 2.75) is 6.04 Å². The molecule has 1 fully saturated rings. The number of carbonyl (C=O) groups excluding carboxylic acids is 1. The molecule has 1 aromatic carbocycles. The van der Waals surface area contributed by atoms with Gasteiger partial charge in [-0.1, -0.05) is 23.2 Å². The lowest BCUT2D eigenvalue weighted by atomic mass is 10.2. The molecule has 0 saturated carbocycles. The van der Waals surface area contributed by atoms with E-state index in [1.807, 2.05) is 0 Å². The number of rotatable bonds is 2. The van der Waals surface area contributed by atoms with Gasteiger partial charge in [0.25, 0.3) is 0 Å². The summed E-state index contributed by atoms with van der Waals surface area (Å²) >= 11 is 13.2. The monoisotopic (exact) mass is 292 g/mol. The van der Waals surface area contributed by atoms with Gasteiger partial charge in [-0.15, -0.1) is 11.8 Å². The highest BCUT2D eigenvalue weighted by Crippen LogP contribution is 2.34. The second-order valence-corrected chi connectivity index (χ2v) is 5.39. The van der Waals surface area contributed by atoms with Gasteiger partial charge in [0, 0.05) is 17.3 Å². The van der Waals surface area contributed by atoms with Crippen LogP contribution in [-0.4, -0.2) is 28.7 Å². The van der Waals surface area contributed by atoms with Crippen molar-refractivity contribution < 1.29 is 9.90 Å². The number of nitrogens with one attached hydrogen (secondary N) is 2. The first kappa shape index (κ1) is 12.8. The minimum atomic E-state index is -0.202. The van der Waals surface area contributed by atoms with Crippen LogP contribution in [0.5, 0.6) is 5.75 Å². The lowest BCUT2D eigenvalue weighted by Gasteiger charge is -2.11. The van der Waals surface area contributed by atoms with Crippen LogP contribution >= 0.6 is 35.0 Å². The van der Waals surface area contributed by atoms with Crippen molar-refractivity contribution in [1.82, 2.24) is 5.32 Å². The predicted molar refractivity (Wildman–Crippen MR) is 71.0 cm³/mol. The third-order valence-electron chi connectivity index (χ3n) is 2.32. The predicted octanol–water partition coefficient (Wildman–Crippen LogP) is 2.30. The lowest BCUT2D eigenvalue weighted by molar-refractivity contribution is -0.117. The molecule has 17 heavy (non-hydrogen) atoms. The molecule has 0 aliphatic carbocycles. The van der Waals surface area contributed by atoms with Crippen molar-refractivity contribution in [1.29, 1.82) is 0 Å². The Labute approximate surface area is 113 Å². The molecule has 0 aromatic heterocycles. The largest absolute Gasteiger partial charge is 0.505 e. The topological polar surface area (TPSA) is 61.4 Å². The summed E-state index contributed by atoms with van der Waals surface area (Å²) in [5, 5.41) is 15.4. The molecular weight excluding hydrogens is 283 g/mol. The highest BCUT2D eigenvalue weighted by atomic mass is 35.5. The normalized spacial score (nSPS) is 19.3. The summed E-state index contributed by atoms with van der Waals surface area (Å²) in [6.45, 7) is 0. The average molecular weight is 293 g/mol. The molecule has 1 saturated heterocycles. The maximum Gasteiger partial charge on any atom is 0.242 e. The Morgan fingerprint density at radius 1 is 1.47 bits per heavy atom. The molecule has 92 valence electrons. The molecular formula is C10H10Cl2N2O2S. The van der Waals surface area contributed by atoms with Gasteiger partial charge >= 0.3 is 0 Å². The zero-order valence-electron chi connectivity index (χ0n) is 8.67. The summed E-state index contributed by atoms with van der Waals surface area (Å²) in [6.07, 6.45) is 0. The van der Waals surface area contributed by atoms with Gasteiger partial charge in [0.05, 0.1) is 16.1 Å². The number of amides is 1. The molecule has 0 radical (unpaired) electrons. The van der Waals surface area contributed by atoms with Crippen LogP contribution in [0.3, 0.4) is 0 Å². The standard InChI is InChI=1S/C10H10Cl2N2O2S/c11-6-1-5(2-7(12)9(6)15)14-10(16)8-3-17-4-13-8/h1-2,8,13,15H,3-4H2,(H,14,16). The van der Waals surface area contributed by atoms with Gasteiger partial charge in [0.15, 0.2) is 5.75 Å². The van der Waals surface area contributed by atoms with Crippen LogP contribution in [0, 0.1) is 0 Å². The van der Waals surface area contributed by atoms with Crippen molar-refractivity contribution in [2.24, 2.45) is 0 Å². The number of hydrogen-bond acceptors (Lipinski definition) is 4. The number of anilines is 1. The van der Waals surface area contributed by atoms with Gasteiger partial charge in [-0.25, -0.2) is 0 Å². The van der Waals surface area contributed by atoms with Crippen LogP contribution in [0.1, 0.15) is 0 Å². The maximum atomic E-state index is 11.8. The minimum Gasteiger partial charge on any atom is -0.505 e. The molecule has 2 rings (SSSR count). The van der Waals surface area contributed by atoms with E-state index in [1.165, 1.54) is 12.1 Å². The molecule has 0 spiro atoms. The molecule has 3 N–H and O–H groups in total. The lowest BCUT2D eigenvalue weighted by Crippen LogP contribution is -2.37. The number of halogens is 2. The van der Waals surface area contributed by atoms with Gasteiger partial charge < -0.3 is 10.4 Å². The summed E-state index contributed by atoms with van der Waals surface area (Å²) in [7, 11) is 0. The zero-order valence-corrected chi connectivity index (χ0v) is 11.0. The van der Waals surface area contributed by atoms with E-state index < -0.39 is 0 Å². The van der Waals surface area contributed by atoms with Gasteiger partial charge in [-0.2, -0.15) is 0 Å². The molecule has 0 bridgehead atoms. The van der Waals surface area contributed by atoms with Crippen molar-refractivity contribution in [3.05, 3.63) is 22.2 Å². The Morgan fingerprint density at radius 2 is 2.12 bits per heavy atom. The zero-order chi connectivity index (χ0) is 12.4. The van der Waals surface area contributed by atoms with E-state index in [-0.39, 0.29) is 27.7 Å². The van der Waals surface area contributed by atoms with E-state index >= 15 is 0 Å². The van der Waals surface area contributed by atoms with E-state index in [4.69, 9.17) is 23.2 Å². The highest BCUT2D eigenvalue weighted by molar-refractivity contribution is 7.99. The van der Waals surface area contributed by atoms with E-state index in [9.17, 15) is 9.90 Å². The Balaban J connectivity index is 2.10. The Hall–Kier alpha value is -0.620. The number of aromatic hydroxyl groups is 1. The third kappa shape index (κ3) is 2.98. The fourth-order valence-electron chi connectivity index (χ4n) is 1.43. The quantitative estimate of drug-likeness (QED) is 0.732. The molecule has 1 aliphatic heterocycles. The smallest absolute Gasteiger partial charge is 0.242 e. The van der Waals surface area contributed by atoms with Crippen LogP contribution in [0.15, 0.2) is 12.1 Å². The second kappa shape index (κ2) is 5.35. The van der Waals surface area contributed by atoms with Crippen LogP contribution in [0.25, 0.3) is 0 Å². The number of phenolic OH excluding ortho intramolecular Hbond substituents is 1. The third-order valence-corrected chi connectivity index (χ3v) is 3.83. The number of benzene rings is 1. The molecule has 1 heterocycles. The molecule has 1 aromatic rings. The SMILES string of the molecule is O=C(Nc1cc(Cl)c(O)c(Cl)c1)C1CSCN1. The Morgan fingerprint density at radius 3 is 2.65 bits per heavy atom. The van der Waals surface area contributed by atoms with Crippen LogP contribution in [0.2, 0.25) is 10.0 Å². The van der Waals surface area contributed by atoms with E-state index in [2.05, 4.69) is 10.6 Å². The summed E-state index contributed by atoms with van der Waals surface area (Å²) in [5.41, 5.74) is 0.474. The van der Waals surface area contributed by atoms with Crippen LogP contribution < -0.4 is 10.6 Å². The van der Waals surface area contributed by atoms with Crippen LogP contribution in [-0.2, 0) is 4.79 Å². The van der Waals surface area contributed by atoms with Gasteiger partial charge in [0.2, 0.25) is 5.91 Å². The second-order valence-electron chi connectivity index (χ2n) is 3.55. The van der Waals surface area contributed by atoms with E-state index in [0.717, 1.165) is 11.6 Å². The number of thioether (sulfide) groups is 1. The summed E-state index contributed by atoms with van der Waals surface area (Å²) in [5.74, 6) is 1.20. The average Bonchev–Trinajstić information content (AvgIpc) is 2.79.